The van der Waals surface area contributed by atoms with Gasteiger partial charge in [-0.05, 0) is 7.05 Å². The highest BCUT2D eigenvalue weighted by Gasteiger charge is 2.00. The highest BCUT2D eigenvalue weighted by atomic mass is 15.1. The second-order valence-electron chi connectivity index (χ2n) is 5.11. The van der Waals surface area contributed by atoms with Crippen LogP contribution in [-0.4, -0.2) is 50.6 Å². The average molecular weight is 269 g/mol. The van der Waals surface area contributed by atoms with Crippen molar-refractivity contribution < 1.29 is 0 Å². The molecule has 2 aliphatic carbocycles. The molecule has 106 valence electrons. The summed E-state index contributed by atoms with van der Waals surface area (Å²) < 4.78 is 0. The van der Waals surface area contributed by atoms with Gasteiger partial charge in [0.2, 0.25) is 0 Å². The molecule has 0 radical (unpaired) electrons. The summed E-state index contributed by atoms with van der Waals surface area (Å²) >= 11 is 0. The zero-order chi connectivity index (χ0) is 14.0. The van der Waals surface area contributed by atoms with Crippen molar-refractivity contribution in [1.29, 1.82) is 0 Å². The van der Waals surface area contributed by atoms with Gasteiger partial charge >= 0.3 is 0 Å². The molecule has 0 fully saturated rings. The Morgan fingerprint density at radius 3 is 1.60 bits per heavy atom. The molecular weight excluding hydrogens is 246 g/mol. The van der Waals surface area contributed by atoms with Crippen molar-refractivity contribution in [2.45, 2.75) is 0 Å². The molecule has 0 saturated carbocycles. The first kappa shape index (κ1) is 14.7. The average Bonchev–Trinajstić information content (AvgIpc) is 3.13. The molecule has 3 heteroatoms. The minimum Gasteiger partial charge on any atom is -0.303 e. The van der Waals surface area contributed by atoms with Crippen LogP contribution in [0.5, 0.6) is 0 Å². The summed E-state index contributed by atoms with van der Waals surface area (Å²) in [6, 6.07) is 0. The first-order valence-electron chi connectivity index (χ1n) is 7.23. The first-order valence-corrected chi connectivity index (χ1v) is 7.23. The largest absolute Gasteiger partial charge is 0.303 e. The van der Waals surface area contributed by atoms with E-state index in [0.29, 0.717) is 11.8 Å². The number of nitrogens with zero attached hydrogens (tertiary/aromatic N) is 3. The molecule has 2 aliphatic rings. The fourth-order valence-electron chi connectivity index (χ4n) is 2.06. The Kier molecular flexibility index (Phi) is 6.18. The SMILES string of the molecule is CN(CCN=CC1C=CC=C1)CCN=CC1C=CC=C1. The maximum Gasteiger partial charge on any atom is 0.0513 e. The molecule has 0 saturated heterocycles. The zero-order valence-corrected chi connectivity index (χ0v) is 12.1. The van der Waals surface area contributed by atoms with Gasteiger partial charge in [-0.15, -0.1) is 0 Å². The minimum atomic E-state index is 0.400. The summed E-state index contributed by atoms with van der Waals surface area (Å²) in [4.78, 5) is 11.2. The van der Waals surface area contributed by atoms with Gasteiger partial charge in [-0.3, -0.25) is 9.98 Å². The van der Waals surface area contributed by atoms with Gasteiger partial charge in [0.25, 0.3) is 0 Å². The van der Waals surface area contributed by atoms with Crippen LogP contribution >= 0.6 is 0 Å². The zero-order valence-electron chi connectivity index (χ0n) is 12.1. The summed E-state index contributed by atoms with van der Waals surface area (Å²) in [5.74, 6) is 0.801. The molecule has 0 heterocycles. The normalized spacial score (nSPS) is 18.9. The third kappa shape index (κ3) is 5.49. The lowest BCUT2D eigenvalue weighted by Crippen LogP contribution is -2.24. The van der Waals surface area contributed by atoms with Crippen LogP contribution in [0.15, 0.2) is 58.6 Å². The number of hydrogen-bond acceptors (Lipinski definition) is 3. The fourth-order valence-corrected chi connectivity index (χ4v) is 2.06. The third-order valence-corrected chi connectivity index (χ3v) is 3.33. The highest BCUT2D eigenvalue weighted by molar-refractivity contribution is 5.67. The molecule has 20 heavy (non-hydrogen) atoms. The van der Waals surface area contributed by atoms with Gasteiger partial charge in [0.1, 0.15) is 0 Å². The molecule has 0 atom stereocenters. The second-order valence-corrected chi connectivity index (χ2v) is 5.11. The van der Waals surface area contributed by atoms with Crippen molar-refractivity contribution in [3.05, 3.63) is 48.6 Å². The number of rotatable bonds is 8. The van der Waals surface area contributed by atoms with Gasteiger partial charge in [-0.25, -0.2) is 0 Å². The van der Waals surface area contributed by atoms with Crippen molar-refractivity contribution in [3.63, 3.8) is 0 Å². The summed E-state index contributed by atoms with van der Waals surface area (Å²) in [6.45, 7) is 3.67. The predicted octanol–water partition coefficient (Wildman–Crippen LogP) is 2.54. The van der Waals surface area contributed by atoms with Gasteiger partial charge in [0.05, 0.1) is 13.1 Å². The van der Waals surface area contributed by atoms with Gasteiger partial charge in [-0.1, -0.05) is 48.6 Å². The van der Waals surface area contributed by atoms with Crippen molar-refractivity contribution >= 4 is 12.4 Å². The highest BCUT2D eigenvalue weighted by Crippen LogP contribution is 2.05. The number of hydrogen-bond donors (Lipinski definition) is 0. The van der Waals surface area contributed by atoms with Crippen LogP contribution < -0.4 is 0 Å². The van der Waals surface area contributed by atoms with Gasteiger partial charge in [-0.2, -0.15) is 0 Å². The number of aliphatic imine (C=N–C) groups is 2. The van der Waals surface area contributed by atoms with E-state index in [1.165, 1.54) is 0 Å². The summed E-state index contributed by atoms with van der Waals surface area (Å²) in [5.41, 5.74) is 0. The van der Waals surface area contributed by atoms with Crippen LogP contribution in [0.1, 0.15) is 0 Å². The van der Waals surface area contributed by atoms with E-state index in [0.717, 1.165) is 26.2 Å². The molecule has 0 N–H and O–H groups in total. The Labute approximate surface area is 121 Å². The molecule has 0 spiro atoms. The van der Waals surface area contributed by atoms with E-state index < -0.39 is 0 Å². The lowest BCUT2D eigenvalue weighted by Gasteiger charge is -2.13. The van der Waals surface area contributed by atoms with E-state index in [1.54, 1.807) is 0 Å². The molecule has 2 rings (SSSR count). The van der Waals surface area contributed by atoms with E-state index in [-0.39, 0.29) is 0 Å². The van der Waals surface area contributed by atoms with Crippen LogP contribution in [0.25, 0.3) is 0 Å². The summed E-state index contributed by atoms with van der Waals surface area (Å²) in [6.07, 6.45) is 20.9. The van der Waals surface area contributed by atoms with E-state index in [2.05, 4.69) is 70.5 Å². The van der Waals surface area contributed by atoms with Crippen LogP contribution in [-0.2, 0) is 0 Å². The summed E-state index contributed by atoms with van der Waals surface area (Å²) in [5, 5.41) is 0. The van der Waals surface area contributed by atoms with Crippen molar-refractivity contribution in [3.8, 4) is 0 Å². The second kappa shape index (κ2) is 8.43. The third-order valence-electron chi connectivity index (χ3n) is 3.33. The molecule has 0 bridgehead atoms. The maximum atomic E-state index is 4.46. The standard InChI is InChI=1S/C17H23N3/c1-20(12-10-18-14-16-6-2-3-7-16)13-11-19-15-17-8-4-5-9-17/h2-9,14-17H,10-13H2,1H3. The quantitative estimate of drug-likeness (QED) is 0.622. The molecule has 0 aromatic heterocycles. The first-order chi connectivity index (χ1) is 9.84. The monoisotopic (exact) mass is 269 g/mol. The molecule has 0 amide bonds. The van der Waals surface area contributed by atoms with E-state index in [1.807, 2.05) is 12.4 Å². The van der Waals surface area contributed by atoms with Crippen LogP contribution in [0.3, 0.4) is 0 Å². The smallest absolute Gasteiger partial charge is 0.0513 e. The Hall–Kier alpha value is -1.74. The number of allylic oxidation sites excluding steroid dienone is 8. The molecule has 0 unspecified atom stereocenters. The summed E-state index contributed by atoms with van der Waals surface area (Å²) in [7, 11) is 2.12. The van der Waals surface area contributed by atoms with Crippen molar-refractivity contribution in [2.75, 3.05) is 33.2 Å². The lowest BCUT2D eigenvalue weighted by molar-refractivity contribution is 0.354. The molecule has 0 aromatic carbocycles. The van der Waals surface area contributed by atoms with Crippen LogP contribution in [0.2, 0.25) is 0 Å². The van der Waals surface area contributed by atoms with Gasteiger partial charge in [0, 0.05) is 37.4 Å². The van der Waals surface area contributed by atoms with E-state index in [9.17, 15) is 0 Å². The molecule has 0 aliphatic heterocycles. The lowest BCUT2D eigenvalue weighted by atomic mass is 10.2. The van der Waals surface area contributed by atoms with Crippen molar-refractivity contribution in [1.82, 2.24) is 4.90 Å². The molecule has 0 aromatic rings. The maximum absolute atomic E-state index is 4.46. The topological polar surface area (TPSA) is 28.0 Å². The van der Waals surface area contributed by atoms with E-state index in [4.69, 9.17) is 0 Å². The molecular formula is C17H23N3. The van der Waals surface area contributed by atoms with Gasteiger partial charge < -0.3 is 4.90 Å². The number of likely N-dealkylation sites (N-methyl/N-ethyl adjacent to an activating group) is 1. The molecule has 3 nitrogen and oxygen atoms in total. The predicted molar refractivity (Wildman–Crippen MR) is 87.8 cm³/mol. The Bertz CT molecular complexity index is 389. The van der Waals surface area contributed by atoms with Crippen LogP contribution in [0.4, 0.5) is 0 Å². The Morgan fingerprint density at radius 1 is 0.800 bits per heavy atom. The fraction of sp³-hybridized carbons (Fsp3) is 0.412. The van der Waals surface area contributed by atoms with Crippen LogP contribution in [0, 0.1) is 11.8 Å². The minimum absolute atomic E-state index is 0.400. The van der Waals surface area contributed by atoms with E-state index >= 15 is 0 Å². The Morgan fingerprint density at radius 2 is 1.20 bits per heavy atom. The van der Waals surface area contributed by atoms with Gasteiger partial charge in [0.15, 0.2) is 0 Å². The Balaban J connectivity index is 1.52. The van der Waals surface area contributed by atoms with Crippen molar-refractivity contribution in [2.24, 2.45) is 21.8 Å².